The fraction of sp³-hybridized carbons (Fsp3) is 0.238. The van der Waals surface area contributed by atoms with Crippen molar-refractivity contribution in [3.63, 3.8) is 0 Å². The van der Waals surface area contributed by atoms with Gasteiger partial charge in [-0.25, -0.2) is 8.42 Å². The molecule has 0 unspecified atom stereocenters. The molecule has 1 aromatic heterocycles. The van der Waals surface area contributed by atoms with Gasteiger partial charge in [-0.15, -0.1) is 6.42 Å². The van der Waals surface area contributed by atoms with E-state index >= 15 is 0 Å². The lowest BCUT2D eigenvalue weighted by Gasteiger charge is -2.26. The van der Waals surface area contributed by atoms with Gasteiger partial charge in [-0.3, -0.25) is 4.79 Å². The highest BCUT2D eigenvalue weighted by Crippen LogP contribution is 2.25. The van der Waals surface area contributed by atoms with Crippen LogP contribution in [-0.2, 0) is 21.3 Å². The summed E-state index contributed by atoms with van der Waals surface area (Å²) in [4.78, 5) is 17.5. The van der Waals surface area contributed by atoms with E-state index in [1.54, 1.807) is 10.6 Å². The molecule has 0 spiro atoms. The number of nitrogens with zero attached hydrogens (tertiary/aromatic N) is 3. The number of benzene rings is 2. The van der Waals surface area contributed by atoms with Gasteiger partial charge in [0, 0.05) is 18.7 Å². The van der Waals surface area contributed by atoms with Gasteiger partial charge in [0.25, 0.3) is 5.91 Å². The highest BCUT2D eigenvalue weighted by Gasteiger charge is 2.26. The average molecular weight is 476 g/mol. The van der Waals surface area contributed by atoms with Gasteiger partial charge >= 0.3 is 0 Å². The molecule has 0 saturated carbocycles. The van der Waals surface area contributed by atoms with Crippen LogP contribution in [0.4, 0.5) is 0 Å². The van der Waals surface area contributed by atoms with Gasteiger partial charge in [0.15, 0.2) is 4.80 Å². The van der Waals surface area contributed by atoms with Crippen LogP contribution in [0.5, 0.6) is 0 Å². The predicted molar refractivity (Wildman–Crippen MR) is 120 cm³/mol. The molecule has 160 valence electrons. The topological polar surface area (TPSA) is 81.0 Å². The summed E-state index contributed by atoms with van der Waals surface area (Å²) in [6.07, 6.45) is 5.49. The molecule has 7 nitrogen and oxygen atoms in total. The van der Waals surface area contributed by atoms with Crippen molar-refractivity contribution in [3.8, 4) is 12.3 Å². The van der Waals surface area contributed by atoms with Gasteiger partial charge < -0.3 is 9.30 Å². The highest BCUT2D eigenvalue weighted by atomic mass is 35.5. The van der Waals surface area contributed by atoms with Crippen LogP contribution in [0.15, 0.2) is 52.4 Å². The van der Waals surface area contributed by atoms with E-state index in [2.05, 4.69) is 10.9 Å². The molecule has 0 N–H and O–H groups in total. The summed E-state index contributed by atoms with van der Waals surface area (Å²) in [5.41, 5.74) is 1.00. The average Bonchev–Trinajstić information content (AvgIpc) is 3.13. The number of rotatable bonds is 4. The summed E-state index contributed by atoms with van der Waals surface area (Å²) in [7, 11) is -3.63. The third kappa shape index (κ3) is 4.31. The number of amides is 1. The Hall–Kier alpha value is -2.48. The first-order chi connectivity index (χ1) is 14.9. The Morgan fingerprint density at radius 2 is 1.90 bits per heavy atom. The molecule has 0 bridgehead atoms. The molecule has 3 aromatic rings. The van der Waals surface area contributed by atoms with Crippen LogP contribution in [0.25, 0.3) is 10.2 Å². The number of morpholine rings is 1. The van der Waals surface area contributed by atoms with Crippen LogP contribution in [0.1, 0.15) is 10.4 Å². The first kappa shape index (κ1) is 21.7. The number of fused-ring (bicyclic) bond motifs is 1. The van der Waals surface area contributed by atoms with Crippen LogP contribution in [-0.4, -0.2) is 49.5 Å². The third-order valence-electron chi connectivity index (χ3n) is 4.81. The smallest absolute Gasteiger partial charge is 0.279 e. The number of terminal acetylenes is 1. The number of sulfonamides is 1. The number of carbonyl (C=O) groups is 1. The lowest BCUT2D eigenvalue weighted by molar-refractivity contribution is 0.0730. The predicted octanol–water partition coefficient (Wildman–Crippen LogP) is 2.75. The molecule has 1 amide bonds. The minimum atomic E-state index is -3.63. The maximum atomic E-state index is 12.8. The highest BCUT2D eigenvalue weighted by molar-refractivity contribution is 7.89. The number of aromatic nitrogens is 1. The molecule has 0 atom stereocenters. The molecule has 10 heteroatoms. The van der Waals surface area contributed by atoms with Crippen molar-refractivity contribution in [2.75, 3.05) is 26.3 Å². The molecular formula is C21H18ClN3O4S2. The largest absolute Gasteiger partial charge is 0.379 e. The molecular weight excluding hydrogens is 458 g/mol. The van der Waals surface area contributed by atoms with Gasteiger partial charge in [0.05, 0.1) is 39.9 Å². The number of hydrogen-bond donors (Lipinski definition) is 0. The fourth-order valence-electron chi connectivity index (χ4n) is 3.27. The summed E-state index contributed by atoms with van der Waals surface area (Å²) in [5, 5.41) is 0.524. The number of thiazole rings is 1. The van der Waals surface area contributed by atoms with Gasteiger partial charge in [0.2, 0.25) is 10.0 Å². The van der Waals surface area contributed by atoms with E-state index < -0.39 is 15.9 Å². The fourth-order valence-corrected chi connectivity index (χ4v) is 6.06. The molecule has 2 heterocycles. The number of carbonyl (C=O) groups excluding carboxylic acids is 1. The van der Waals surface area contributed by atoms with Crippen LogP contribution in [0, 0.1) is 12.3 Å². The number of hydrogen-bond acceptors (Lipinski definition) is 5. The molecule has 1 aliphatic heterocycles. The van der Waals surface area contributed by atoms with Gasteiger partial charge in [-0.2, -0.15) is 9.30 Å². The number of ether oxygens (including phenoxy) is 1. The van der Waals surface area contributed by atoms with Crippen molar-refractivity contribution in [1.29, 1.82) is 0 Å². The minimum Gasteiger partial charge on any atom is -0.379 e. The molecule has 31 heavy (non-hydrogen) atoms. The van der Waals surface area contributed by atoms with E-state index in [1.807, 2.05) is 12.1 Å². The second kappa shape index (κ2) is 8.94. The first-order valence-electron chi connectivity index (χ1n) is 9.40. The maximum Gasteiger partial charge on any atom is 0.279 e. The monoisotopic (exact) mass is 475 g/mol. The zero-order valence-electron chi connectivity index (χ0n) is 16.3. The Morgan fingerprint density at radius 3 is 2.58 bits per heavy atom. The summed E-state index contributed by atoms with van der Waals surface area (Å²) in [5.74, 6) is 2.06. The van der Waals surface area contributed by atoms with E-state index in [0.717, 1.165) is 10.2 Å². The van der Waals surface area contributed by atoms with Crippen LogP contribution < -0.4 is 4.80 Å². The lowest BCUT2D eigenvalue weighted by Crippen LogP contribution is -2.40. The van der Waals surface area contributed by atoms with E-state index in [0.29, 0.717) is 36.1 Å². The zero-order chi connectivity index (χ0) is 22.0. The van der Waals surface area contributed by atoms with Crippen LogP contribution >= 0.6 is 22.9 Å². The van der Waals surface area contributed by atoms with Crippen molar-refractivity contribution >= 4 is 49.1 Å². The lowest BCUT2D eigenvalue weighted by atomic mass is 10.2. The summed E-state index contributed by atoms with van der Waals surface area (Å²) in [6.45, 7) is 1.56. The molecule has 0 aliphatic carbocycles. The van der Waals surface area contributed by atoms with Crippen molar-refractivity contribution < 1.29 is 17.9 Å². The standard InChI is InChI=1S/C21H18ClN3O4S2/c1-2-10-25-19-17(22)4-3-5-18(19)30-21(25)23-20(26)15-6-8-16(9-7-15)31(27,28)24-11-13-29-14-12-24/h1,3-9H,10-14H2. The molecule has 4 rings (SSSR count). The number of para-hydroxylation sites is 1. The zero-order valence-corrected chi connectivity index (χ0v) is 18.7. The Bertz CT molecular complexity index is 1350. The van der Waals surface area contributed by atoms with Crippen molar-refractivity contribution in [2.45, 2.75) is 11.4 Å². The second-order valence-corrected chi connectivity index (χ2v) is 10.1. The van der Waals surface area contributed by atoms with E-state index in [4.69, 9.17) is 22.8 Å². The van der Waals surface area contributed by atoms with E-state index in [-0.39, 0.29) is 17.0 Å². The molecule has 1 aliphatic rings. The van der Waals surface area contributed by atoms with Crippen molar-refractivity contribution in [2.24, 2.45) is 4.99 Å². The normalized spacial score (nSPS) is 15.8. The summed E-state index contributed by atoms with van der Waals surface area (Å²) < 4.78 is 34.6. The third-order valence-corrected chi connectivity index (χ3v) is 8.07. The van der Waals surface area contributed by atoms with Gasteiger partial charge in [0.1, 0.15) is 0 Å². The molecule has 1 saturated heterocycles. The maximum absolute atomic E-state index is 12.8. The summed E-state index contributed by atoms with van der Waals surface area (Å²) in [6, 6.07) is 11.2. The summed E-state index contributed by atoms with van der Waals surface area (Å²) >= 11 is 7.62. The first-order valence-corrected chi connectivity index (χ1v) is 12.0. The van der Waals surface area contributed by atoms with Crippen LogP contribution in [0.2, 0.25) is 5.02 Å². The SMILES string of the molecule is C#CCn1c(=NC(=O)c2ccc(S(=O)(=O)N3CCOCC3)cc2)sc2cccc(Cl)c21. The Morgan fingerprint density at radius 1 is 1.19 bits per heavy atom. The van der Waals surface area contributed by atoms with E-state index in [9.17, 15) is 13.2 Å². The van der Waals surface area contributed by atoms with Crippen molar-refractivity contribution in [3.05, 3.63) is 57.9 Å². The minimum absolute atomic E-state index is 0.127. The number of halogens is 1. The van der Waals surface area contributed by atoms with Crippen LogP contribution in [0.3, 0.4) is 0 Å². The Kier molecular flexibility index (Phi) is 6.27. The van der Waals surface area contributed by atoms with Crippen molar-refractivity contribution in [1.82, 2.24) is 8.87 Å². The molecule has 1 fully saturated rings. The Balaban J connectivity index is 1.67. The quantitative estimate of drug-likeness (QED) is 0.543. The van der Waals surface area contributed by atoms with Gasteiger partial charge in [-0.05, 0) is 36.4 Å². The van der Waals surface area contributed by atoms with Gasteiger partial charge in [-0.1, -0.05) is 34.9 Å². The Labute approximate surface area is 188 Å². The second-order valence-electron chi connectivity index (χ2n) is 6.72. The molecule has 2 aromatic carbocycles. The molecule has 0 radical (unpaired) electrons. The van der Waals surface area contributed by atoms with E-state index in [1.165, 1.54) is 39.9 Å².